The standard InChI is InChI=1S/C11H15N3O3S/c1-13-9(15)4-2-3-7(12)11(13)8-5-6-10(18-8)14(16)17/h5-7,11H,2-4,12H2,1H3. The number of nitrogens with two attached hydrogens (primary N) is 1. The molecular formula is C11H15N3O3S. The molecule has 18 heavy (non-hydrogen) atoms. The van der Waals surface area contributed by atoms with Crippen LogP contribution in [0.2, 0.25) is 0 Å². The van der Waals surface area contributed by atoms with Crippen molar-refractivity contribution in [2.75, 3.05) is 7.05 Å². The van der Waals surface area contributed by atoms with Crippen molar-refractivity contribution >= 4 is 22.2 Å². The van der Waals surface area contributed by atoms with Gasteiger partial charge in [0.05, 0.1) is 11.0 Å². The number of rotatable bonds is 2. The van der Waals surface area contributed by atoms with Crippen molar-refractivity contribution in [3.05, 3.63) is 27.1 Å². The zero-order valence-electron chi connectivity index (χ0n) is 10.0. The Balaban J connectivity index is 2.32. The number of thiophene rings is 1. The van der Waals surface area contributed by atoms with Crippen LogP contribution >= 0.6 is 11.3 Å². The molecule has 0 bridgehead atoms. The van der Waals surface area contributed by atoms with E-state index in [-0.39, 0.29) is 23.0 Å². The zero-order valence-corrected chi connectivity index (χ0v) is 10.9. The summed E-state index contributed by atoms with van der Waals surface area (Å²) in [7, 11) is 1.71. The van der Waals surface area contributed by atoms with Crippen LogP contribution in [0.25, 0.3) is 0 Å². The van der Waals surface area contributed by atoms with E-state index in [4.69, 9.17) is 5.73 Å². The summed E-state index contributed by atoms with van der Waals surface area (Å²) in [6.07, 6.45) is 2.02. The van der Waals surface area contributed by atoms with Crippen LogP contribution in [0.15, 0.2) is 12.1 Å². The van der Waals surface area contributed by atoms with Crippen LogP contribution in [0.3, 0.4) is 0 Å². The van der Waals surface area contributed by atoms with Crippen molar-refractivity contribution in [1.29, 1.82) is 0 Å². The van der Waals surface area contributed by atoms with Gasteiger partial charge in [-0.3, -0.25) is 14.9 Å². The highest BCUT2D eigenvalue weighted by Crippen LogP contribution is 2.35. The molecule has 98 valence electrons. The lowest BCUT2D eigenvalue weighted by Gasteiger charge is -2.29. The summed E-state index contributed by atoms with van der Waals surface area (Å²) in [6.45, 7) is 0. The number of carbonyl (C=O) groups excluding carboxylic acids is 1. The average molecular weight is 269 g/mol. The number of carbonyl (C=O) groups is 1. The molecule has 2 N–H and O–H groups in total. The Bertz CT molecular complexity index is 474. The summed E-state index contributed by atoms with van der Waals surface area (Å²) < 4.78 is 0. The van der Waals surface area contributed by atoms with Gasteiger partial charge in [-0.2, -0.15) is 0 Å². The molecule has 2 atom stereocenters. The van der Waals surface area contributed by atoms with Gasteiger partial charge in [0.15, 0.2) is 0 Å². The van der Waals surface area contributed by atoms with Gasteiger partial charge in [0.2, 0.25) is 5.91 Å². The molecule has 0 aliphatic carbocycles. The summed E-state index contributed by atoms with van der Waals surface area (Å²) in [5, 5.41) is 10.8. The third-order valence-electron chi connectivity index (χ3n) is 3.23. The van der Waals surface area contributed by atoms with E-state index in [0.717, 1.165) is 29.1 Å². The lowest BCUT2D eigenvalue weighted by Crippen LogP contribution is -2.39. The van der Waals surface area contributed by atoms with Gasteiger partial charge in [-0.1, -0.05) is 11.3 Å². The molecule has 1 fully saturated rings. The topological polar surface area (TPSA) is 89.5 Å². The lowest BCUT2D eigenvalue weighted by molar-refractivity contribution is -0.380. The van der Waals surface area contributed by atoms with Gasteiger partial charge >= 0.3 is 5.00 Å². The minimum absolute atomic E-state index is 0.0454. The maximum absolute atomic E-state index is 11.8. The molecule has 1 saturated heterocycles. The van der Waals surface area contributed by atoms with Gasteiger partial charge in [0, 0.05) is 30.5 Å². The molecule has 2 unspecified atom stereocenters. The number of likely N-dealkylation sites (tertiary alicyclic amines) is 1. The van der Waals surface area contributed by atoms with Gasteiger partial charge in [-0.15, -0.1) is 0 Å². The Morgan fingerprint density at radius 3 is 2.89 bits per heavy atom. The molecule has 1 aromatic rings. The summed E-state index contributed by atoms with van der Waals surface area (Å²) >= 11 is 1.09. The second-order valence-corrected chi connectivity index (χ2v) is 5.53. The first-order chi connectivity index (χ1) is 8.50. The smallest absolute Gasteiger partial charge is 0.324 e. The Labute approximate surface area is 109 Å². The average Bonchev–Trinajstić information content (AvgIpc) is 2.74. The predicted molar refractivity (Wildman–Crippen MR) is 68.3 cm³/mol. The second-order valence-electron chi connectivity index (χ2n) is 4.44. The molecule has 6 nitrogen and oxygen atoms in total. The molecule has 1 aromatic heterocycles. The molecular weight excluding hydrogens is 254 g/mol. The molecule has 0 radical (unpaired) electrons. The predicted octanol–water partition coefficient (Wildman–Crippen LogP) is 1.67. The molecule has 1 aliphatic rings. The van der Waals surface area contributed by atoms with Crippen LogP contribution < -0.4 is 5.73 Å². The van der Waals surface area contributed by atoms with Crippen molar-refractivity contribution in [3.8, 4) is 0 Å². The van der Waals surface area contributed by atoms with E-state index in [1.165, 1.54) is 6.07 Å². The van der Waals surface area contributed by atoms with Crippen molar-refractivity contribution in [2.45, 2.75) is 31.3 Å². The summed E-state index contributed by atoms with van der Waals surface area (Å²) in [6, 6.07) is 2.75. The summed E-state index contributed by atoms with van der Waals surface area (Å²) in [4.78, 5) is 24.5. The first kappa shape index (κ1) is 13.0. The largest absolute Gasteiger partial charge is 0.336 e. The number of likely N-dealkylation sites (N-methyl/N-ethyl adjacent to an activating group) is 1. The fraction of sp³-hybridized carbons (Fsp3) is 0.545. The van der Waals surface area contributed by atoms with Crippen LogP contribution in [-0.2, 0) is 4.79 Å². The van der Waals surface area contributed by atoms with Gasteiger partial charge < -0.3 is 10.6 Å². The SMILES string of the molecule is CN1C(=O)CCCC(N)C1c1ccc([N+](=O)[O-])s1. The Hall–Kier alpha value is -1.47. The van der Waals surface area contributed by atoms with E-state index in [1.54, 1.807) is 18.0 Å². The van der Waals surface area contributed by atoms with E-state index in [1.807, 2.05) is 0 Å². The highest BCUT2D eigenvalue weighted by Gasteiger charge is 2.32. The molecule has 2 heterocycles. The zero-order chi connectivity index (χ0) is 13.3. The second kappa shape index (κ2) is 5.03. The van der Waals surface area contributed by atoms with Crippen molar-refractivity contribution in [3.63, 3.8) is 0 Å². The van der Waals surface area contributed by atoms with E-state index in [0.29, 0.717) is 6.42 Å². The third kappa shape index (κ3) is 2.37. The number of amides is 1. The van der Waals surface area contributed by atoms with Crippen LogP contribution in [0.5, 0.6) is 0 Å². The third-order valence-corrected chi connectivity index (χ3v) is 4.34. The molecule has 1 aliphatic heterocycles. The Kier molecular flexibility index (Phi) is 3.63. The molecule has 0 aromatic carbocycles. The van der Waals surface area contributed by atoms with Gasteiger partial charge in [0.1, 0.15) is 0 Å². The number of hydrogen-bond acceptors (Lipinski definition) is 5. The quantitative estimate of drug-likeness (QED) is 0.653. The van der Waals surface area contributed by atoms with Crippen molar-refractivity contribution in [2.24, 2.45) is 5.73 Å². The maximum atomic E-state index is 11.8. The van der Waals surface area contributed by atoms with Gasteiger partial charge in [-0.05, 0) is 18.9 Å². The van der Waals surface area contributed by atoms with Crippen LogP contribution in [0, 0.1) is 10.1 Å². The number of nitrogens with zero attached hydrogens (tertiary/aromatic N) is 2. The van der Waals surface area contributed by atoms with Crippen molar-refractivity contribution < 1.29 is 9.72 Å². The molecule has 0 spiro atoms. The monoisotopic (exact) mass is 269 g/mol. The van der Waals surface area contributed by atoms with Crippen molar-refractivity contribution in [1.82, 2.24) is 4.90 Å². The van der Waals surface area contributed by atoms with E-state index < -0.39 is 4.92 Å². The minimum Gasteiger partial charge on any atom is -0.336 e. The molecule has 2 rings (SSSR count). The number of nitro groups is 1. The molecule has 0 saturated carbocycles. The van der Waals surface area contributed by atoms with Gasteiger partial charge in [-0.25, -0.2) is 0 Å². The lowest BCUT2D eigenvalue weighted by atomic mass is 10.0. The summed E-state index contributed by atoms with van der Waals surface area (Å²) in [5.41, 5.74) is 6.09. The number of hydrogen-bond donors (Lipinski definition) is 1. The fourth-order valence-corrected chi connectivity index (χ4v) is 3.31. The Morgan fingerprint density at radius 1 is 1.56 bits per heavy atom. The first-order valence-electron chi connectivity index (χ1n) is 5.76. The summed E-state index contributed by atoms with van der Waals surface area (Å²) in [5.74, 6) is 0.0454. The van der Waals surface area contributed by atoms with Crippen LogP contribution in [0.4, 0.5) is 5.00 Å². The van der Waals surface area contributed by atoms with Crippen LogP contribution in [0.1, 0.15) is 30.2 Å². The minimum atomic E-state index is -0.418. The normalized spacial score (nSPS) is 25.0. The van der Waals surface area contributed by atoms with Gasteiger partial charge in [0.25, 0.3) is 0 Å². The fourth-order valence-electron chi connectivity index (χ4n) is 2.27. The molecule has 1 amide bonds. The highest BCUT2D eigenvalue weighted by molar-refractivity contribution is 7.15. The Morgan fingerprint density at radius 2 is 2.28 bits per heavy atom. The first-order valence-corrected chi connectivity index (χ1v) is 6.57. The maximum Gasteiger partial charge on any atom is 0.324 e. The highest BCUT2D eigenvalue weighted by atomic mass is 32.1. The molecule has 7 heteroatoms. The van der Waals surface area contributed by atoms with E-state index in [9.17, 15) is 14.9 Å². The van der Waals surface area contributed by atoms with E-state index in [2.05, 4.69) is 0 Å². The van der Waals surface area contributed by atoms with E-state index >= 15 is 0 Å². The van der Waals surface area contributed by atoms with Crippen LogP contribution in [-0.4, -0.2) is 28.8 Å².